The summed E-state index contributed by atoms with van der Waals surface area (Å²) < 4.78 is 4.86. The number of Topliss-reactive ketones (excluding diaryl/α,β-unsaturated/α-hetero) is 1. The molecule has 1 unspecified atom stereocenters. The highest BCUT2D eigenvalue weighted by atomic mass is 16.4. The van der Waals surface area contributed by atoms with Gasteiger partial charge in [0.15, 0.2) is 11.4 Å². The van der Waals surface area contributed by atoms with Gasteiger partial charge in [-0.25, -0.2) is 4.79 Å². The molecule has 0 amide bonds. The van der Waals surface area contributed by atoms with E-state index in [9.17, 15) is 9.59 Å². The second-order valence-electron chi connectivity index (χ2n) is 3.36. The minimum Gasteiger partial charge on any atom is -0.408 e. The predicted molar refractivity (Wildman–Crippen MR) is 54.4 cm³/mol. The normalized spacial score (nSPS) is 12.9. The van der Waals surface area contributed by atoms with Crippen molar-refractivity contribution in [1.29, 1.82) is 0 Å². The van der Waals surface area contributed by atoms with Gasteiger partial charge in [-0.3, -0.25) is 9.78 Å². The Morgan fingerprint density at radius 3 is 2.93 bits per heavy atom. The third-order valence-electron chi connectivity index (χ3n) is 2.24. The monoisotopic (exact) mass is 206 g/mol. The molecular formula is C10H10N2O3. The average Bonchev–Trinajstić information content (AvgIpc) is 2.55. The number of aromatic nitrogens is 1. The van der Waals surface area contributed by atoms with Gasteiger partial charge in [0.25, 0.3) is 0 Å². The minimum absolute atomic E-state index is 0.132. The van der Waals surface area contributed by atoms with Crippen LogP contribution < -0.4 is 11.5 Å². The first kappa shape index (κ1) is 9.67. The Morgan fingerprint density at radius 2 is 2.27 bits per heavy atom. The number of carbonyl (C=O) groups excluding carboxylic acids is 1. The maximum Gasteiger partial charge on any atom is 0.417 e. The molecule has 15 heavy (non-hydrogen) atoms. The third-order valence-corrected chi connectivity index (χ3v) is 2.24. The summed E-state index contributed by atoms with van der Waals surface area (Å²) in [6.07, 6.45) is 0. The molecule has 1 aromatic heterocycles. The van der Waals surface area contributed by atoms with Crippen LogP contribution in [-0.4, -0.2) is 10.8 Å². The van der Waals surface area contributed by atoms with Crippen LogP contribution in [0.3, 0.4) is 0 Å². The summed E-state index contributed by atoms with van der Waals surface area (Å²) in [5.74, 6) is -0.647. The lowest BCUT2D eigenvalue weighted by molar-refractivity contribution is -0.118. The van der Waals surface area contributed by atoms with E-state index in [1.807, 2.05) is 0 Å². The van der Waals surface area contributed by atoms with Gasteiger partial charge in [0.2, 0.25) is 0 Å². The number of nitrogens with two attached hydrogens (primary N) is 1. The topological polar surface area (TPSA) is 89.1 Å². The first-order valence-corrected chi connectivity index (χ1v) is 4.47. The molecule has 2 aromatic rings. The second kappa shape index (κ2) is 3.36. The molecule has 0 fully saturated rings. The van der Waals surface area contributed by atoms with Gasteiger partial charge in [0, 0.05) is 0 Å². The number of H-pyrrole nitrogens is 1. The van der Waals surface area contributed by atoms with Crippen LogP contribution >= 0.6 is 0 Å². The highest BCUT2D eigenvalue weighted by Crippen LogP contribution is 2.17. The van der Waals surface area contributed by atoms with Crippen molar-refractivity contribution in [2.24, 2.45) is 5.73 Å². The first-order valence-electron chi connectivity index (χ1n) is 4.47. The summed E-state index contributed by atoms with van der Waals surface area (Å²) in [6, 6.07) is 4.28. The Morgan fingerprint density at radius 1 is 1.53 bits per heavy atom. The number of aromatic amines is 1. The Bertz CT molecular complexity index is 567. The molecule has 0 saturated heterocycles. The van der Waals surface area contributed by atoms with Crippen molar-refractivity contribution in [3.63, 3.8) is 0 Å². The standard InChI is InChI=1S/C10H10N2O3/c1-5(13)9(11)6-2-3-7-8(4-6)15-10(14)12-7/h2-4,9H,11H2,1H3,(H,12,14). The van der Waals surface area contributed by atoms with E-state index in [4.69, 9.17) is 10.2 Å². The van der Waals surface area contributed by atoms with Gasteiger partial charge >= 0.3 is 5.76 Å². The maximum atomic E-state index is 11.1. The molecule has 1 atom stereocenters. The predicted octanol–water partition coefficient (Wildman–Crippen LogP) is 0.710. The molecule has 5 nitrogen and oxygen atoms in total. The number of oxazole rings is 1. The van der Waals surface area contributed by atoms with Crippen LogP contribution in [0.15, 0.2) is 27.4 Å². The molecule has 2 rings (SSSR count). The molecule has 5 heteroatoms. The van der Waals surface area contributed by atoms with E-state index in [2.05, 4.69) is 4.98 Å². The SMILES string of the molecule is CC(=O)C(N)c1ccc2[nH]c(=O)oc2c1. The van der Waals surface area contributed by atoms with Crippen molar-refractivity contribution < 1.29 is 9.21 Å². The molecule has 0 aliphatic carbocycles. The molecule has 78 valence electrons. The van der Waals surface area contributed by atoms with E-state index in [1.54, 1.807) is 18.2 Å². The number of benzene rings is 1. The third kappa shape index (κ3) is 1.69. The fourth-order valence-corrected chi connectivity index (χ4v) is 1.39. The van der Waals surface area contributed by atoms with E-state index in [0.717, 1.165) is 0 Å². The Kier molecular flexibility index (Phi) is 2.17. The number of fused-ring (bicyclic) bond motifs is 1. The zero-order valence-corrected chi connectivity index (χ0v) is 8.11. The van der Waals surface area contributed by atoms with Crippen LogP contribution in [-0.2, 0) is 4.79 Å². The summed E-state index contributed by atoms with van der Waals surface area (Å²) in [4.78, 5) is 24.4. The highest BCUT2D eigenvalue weighted by Gasteiger charge is 2.12. The zero-order valence-electron chi connectivity index (χ0n) is 8.11. The van der Waals surface area contributed by atoms with E-state index in [-0.39, 0.29) is 5.78 Å². The molecule has 0 saturated carbocycles. The maximum absolute atomic E-state index is 11.1. The van der Waals surface area contributed by atoms with Gasteiger partial charge in [-0.15, -0.1) is 0 Å². The fourth-order valence-electron chi connectivity index (χ4n) is 1.39. The number of rotatable bonds is 2. The van der Waals surface area contributed by atoms with Crippen molar-refractivity contribution in [2.75, 3.05) is 0 Å². The van der Waals surface area contributed by atoms with Gasteiger partial charge < -0.3 is 10.2 Å². The largest absolute Gasteiger partial charge is 0.417 e. The van der Waals surface area contributed by atoms with E-state index >= 15 is 0 Å². The van der Waals surface area contributed by atoms with Crippen LogP contribution in [0, 0.1) is 0 Å². The molecule has 0 bridgehead atoms. The Balaban J connectivity index is 2.55. The lowest BCUT2D eigenvalue weighted by atomic mass is 10.0. The van der Waals surface area contributed by atoms with Crippen LogP contribution in [0.4, 0.5) is 0 Å². The molecule has 0 radical (unpaired) electrons. The highest BCUT2D eigenvalue weighted by molar-refractivity contribution is 5.84. The summed E-state index contributed by atoms with van der Waals surface area (Å²) in [7, 11) is 0. The molecule has 0 aliphatic heterocycles. The molecule has 1 heterocycles. The number of hydrogen-bond donors (Lipinski definition) is 2. The van der Waals surface area contributed by atoms with Crippen LogP contribution in [0.25, 0.3) is 11.1 Å². The molecule has 3 N–H and O–H groups in total. The van der Waals surface area contributed by atoms with Gasteiger partial charge in [-0.2, -0.15) is 0 Å². The molecule has 1 aromatic carbocycles. The molecular weight excluding hydrogens is 196 g/mol. The van der Waals surface area contributed by atoms with E-state index in [1.165, 1.54) is 6.92 Å². The Labute approximate surface area is 84.9 Å². The number of nitrogens with one attached hydrogen (secondary N) is 1. The summed E-state index contributed by atoms with van der Waals surface area (Å²) in [5.41, 5.74) is 7.30. The van der Waals surface area contributed by atoms with Gasteiger partial charge in [-0.05, 0) is 24.6 Å². The number of ketones is 1. The van der Waals surface area contributed by atoms with Crippen molar-refractivity contribution in [2.45, 2.75) is 13.0 Å². The molecule has 0 aliphatic rings. The number of carbonyl (C=O) groups is 1. The quantitative estimate of drug-likeness (QED) is 0.757. The van der Waals surface area contributed by atoms with Gasteiger partial charge in [0.05, 0.1) is 11.6 Å². The fraction of sp³-hybridized carbons (Fsp3) is 0.200. The van der Waals surface area contributed by atoms with Crippen molar-refractivity contribution in [3.8, 4) is 0 Å². The van der Waals surface area contributed by atoms with Crippen LogP contribution in [0.5, 0.6) is 0 Å². The van der Waals surface area contributed by atoms with E-state index in [0.29, 0.717) is 16.7 Å². The lowest BCUT2D eigenvalue weighted by Gasteiger charge is -2.06. The van der Waals surface area contributed by atoms with Gasteiger partial charge in [-0.1, -0.05) is 6.07 Å². The smallest absolute Gasteiger partial charge is 0.408 e. The average molecular weight is 206 g/mol. The first-order chi connectivity index (χ1) is 7.08. The minimum atomic E-state index is -0.672. The second-order valence-corrected chi connectivity index (χ2v) is 3.36. The van der Waals surface area contributed by atoms with Crippen LogP contribution in [0.1, 0.15) is 18.5 Å². The Hall–Kier alpha value is -1.88. The summed E-state index contributed by atoms with van der Waals surface area (Å²) >= 11 is 0. The number of hydrogen-bond acceptors (Lipinski definition) is 4. The van der Waals surface area contributed by atoms with E-state index < -0.39 is 11.8 Å². The van der Waals surface area contributed by atoms with Crippen molar-refractivity contribution >= 4 is 16.9 Å². The molecule has 0 spiro atoms. The van der Waals surface area contributed by atoms with Crippen molar-refractivity contribution in [1.82, 2.24) is 4.98 Å². The van der Waals surface area contributed by atoms with Crippen LogP contribution in [0.2, 0.25) is 0 Å². The summed E-state index contributed by atoms with van der Waals surface area (Å²) in [6.45, 7) is 1.42. The van der Waals surface area contributed by atoms with Crippen molar-refractivity contribution in [3.05, 3.63) is 34.3 Å². The summed E-state index contributed by atoms with van der Waals surface area (Å²) in [5, 5.41) is 0. The van der Waals surface area contributed by atoms with Gasteiger partial charge in [0.1, 0.15) is 0 Å². The lowest BCUT2D eigenvalue weighted by Crippen LogP contribution is -2.18. The zero-order chi connectivity index (χ0) is 11.0.